The molecule has 4 heteroatoms. The second-order valence-electron chi connectivity index (χ2n) is 6.27. The van der Waals surface area contributed by atoms with Crippen molar-refractivity contribution in [2.45, 2.75) is 53.0 Å². The zero-order chi connectivity index (χ0) is 14.0. The van der Waals surface area contributed by atoms with E-state index in [2.05, 4.69) is 45.0 Å². The summed E-state index contributed by atoms with van der Waals surface area (Å²) in [7, 11) is 2.07. The van der Waals surface area contributed by atoms with E-state index in [1.807, 2.05) is 11.3 Å². The molecule has 1 aliphatic rings. The Hall–Kier alpha value is -0.610. The van der Waals surface area contributed by atoms with Gasteiger partial charge in [-0.05, 0) is 38.6 Å². The Morgan fingerprint density at radius 3 is 2.74 bits per heavy atom. The fourth-order valence-corrected chi connectivity index (χ4v) is 4.23. The van der Waals surface area contributed by atoms with Crippen LogP contribution >= 0.6 is 11.3 Å². The lowest BCUT2D eigenvalue weighted by Gasteiger charge is -2.34. The smallest absolute Gasteiger partial charge is 0.185 e. The minimum absolute atomic E-state index is 0.355. The van der Waals surface area contributed by atoms with Crippen LogP contribution in [0.5, 0.6) is 0 Å². The van der Waals surface area contributed by atoms with E-state index in [-0.39, 0.29) is 0 Å². The standard InChI is InChI=1S/C15H27N3S/c1-6-8-18(7-2)14-17-12-10-15(3,4)9-11(16-5)13(12)19-14/h11,16H,6-10H2,1-5H3. The maximum Gasteiger partial charge on any atom is 0.185 e. The predicted octanol–water partition coefficient (Wildman–Crippen LogP) is 3.61. The molecule has 1 heterocycles. The molecule has 108 valence electrons. The van der Waals surface area contributed by atoms with E-state index < -0.39 is 0 Å². The number of aromatic nitrogens is 1. The molecular weight excluding hydrogens is 254 g/mol. The lowest BCUT2D eigenvalue weighted by atomic mass is 9.76. The number of fused-ring (bicyclic) bond motifs is 1. The Morgan fingerprint density at radius 2 is 2.16 bits per heavy atom. The first kappa shape index (κ1) is 14.8. The number of anilines is 1. The SMILES string of the molecule is CCCN(CC)c1nc2c(s1)C(NC)CC(C)(C)C2. The summed E-state index contributed by atoms with van der Waals surface area (Å²) in [5.74, 6) is 0. The van der Waals surface area contributed by atoms with Crippen LogP contribution in [0, 0.1) is 5.41 Å². The third kappa shape index (κ3) is 3.11. The number of thiazole rings is 1. The number of rotatable bonds is 5. The van der Waals surface area contributed by atoms with Crippen molar-refractivity contribution in [3.8, 4) is 0 Å². The van der Waals surface area contributed by atoms with E-state index in [4.69, 9.17) is 4.98 Å². The Morgan fingerprint density at radius 1 is 1.42 bits per heavy atom. The summed E-state index contributed by atoms with van der Waals surface area (Å²) in [4.78, 5) is 8.81. The second-order valence-corrected chi connectivity index (χ2v) is 7.28. The quantitative estimate of drug-likeness (QED) is 0.893. The molecule has 0 saturated carbocycles. The van der Waals surface area contributed by atoms with E-state index in [0.717, 1.165) is 19.5 Å². The van der Waals surface area contributed by atoms with Gasteiger partial charge < -0.3 is 10.2 Å². The highest BCUT2D eigenvalue weighted by molar-refractivity contribution is 7.15. The summed E-state index contributed by atoms with van der Waals surface area (Å²) < 4.78 is 0. The van der Waals surface area contributed by atoms with Crippen molar-refractivity contribution in [2.24, 2.45) is 5.41 Å². The Labute approximate surface area is 121 Å². The summed E-state index contributed by atoms with van der Waals surface area (Å²) >= 11 is 1.89. The number of hydrogen-bond acceptors (Lipinski definition) is 4. The van der Waals surface area contributed by atoms with Gasteiger partial charge in [0.2, 0.25) is 0 Å². The summed E-state index contributed by atoms with van der Waals surface area (Å²) in [6.45, 7) is 11.3. The van der Waals surface area contributed by atoms with E-state index in [1.165, 1.54) is 28.5 Å². The van der Waals surface area contributed by atoms with E-state index in [9.17, 15) is 0 Å². The van der Waals surface area contributed by atoms with Crippen LogP contribution in [0.2, 0.25) is 0 Å². The summed E-state index contributed by atoms with van der Waals surface area (Å²) in [6, 6.07) is 0.477. The van der Waals surface area contributed by atoms with Crippen LogP contribution in [-0.4, -0.2) is 25.1 Å². The van der Waals surface area contributed by atoms with Gasteiger partial charge in [-0.2, -0.15) is 0 Å². The molecule has 0 aromatic carbocycles. The van der Waals surface area contributed by atoms with Gasteiger partial charge in [-0.1, -0.05) is 32.1 Å². The number of nitrogens with one attached hydrogen (secondary N) is 1. The van der Waals surface area contributed by atoms with Gasteiger partial charge >= 0.3 is 0 Å². The van der Waals surface area contributed by atoms with Crippen molar-refractivity contribution in [3.05, 3.63) is 10.6 Å². The highest BCUT2D eigenvalue weighted by Crippen LogP contribution is 2.44. The lowest BCUT2D eigenvalue weighted by molar-refractivity contribution is 0.265. The van der Waals surface area contributed by atoms with E-state index >= 15 is 0 Å². The van der Waals surface area contributed by atoms with Crippen molar-refractivity contribution in [2.75, 3.05) is 25.0 Å². The molecule has 1 aliphatic carbocycles. The van der Waals surface area contributed by atoms with Gasteiger partial charge in [-0.15, -0.1) is 0 Å². The molecule has 19 heavy (non-hydrogen) atoms. The molecule has 0 fully saturated rings. The predicted molar refractivity (Wildman–Crippen MR) is 84.2 cm³/mol. The molecular formula is C15H27N3S. The lowest BCUT2D eigenvalue weighted by Crippen LogP contribution is -2.30. The second kappa shape index (κ2) is 5.80. The number of hydrogen-bond donors (Lipinski definition) is 1. The van der Waals surface area contributed by atoms with Gasteiger partial charge in [0.1, 0.15) is 0 Å². The third-order valence-electron chi connectivity index (χ3n) is 3.93. The fourth-order valence-electron chi connectivity index (χ4n) is 2.95. The van der Waals surface area contributed by atoms with Gasteiger partial charge in [-0.25, -0.2) is 4.98 Å². The molecule has 0 spiro atoms. The zero-order valence-corrected chi connectivity index (χ0v) is 13.7. The topological polar surface area (TPSA) is 28.2 Å². The van der Waals surface area contributed by atoms with Gasteiger partial charge in [0, 0.05) is 24.0 Å². The molecule has 0 bridgehead atoms. The third-order valence-corrected chi connectivity index (χ3v) is 5.20. The highest BCUT2D eigenvalue weighted by atomic mass is 32.1. The summed E-state index contributed by atoms with van der Waals surface area (Å²) in [5.41, 5.74) is 1.68. The molecule has 1 aromatic heterocycles. The monoisotopic (exact) mass is 281 g/mol. The zero-order valence-electron chi connectivity index (χ0n) is 12.9. The minimum atomic E-state index is 0.355. The van der Waals surface area contributed by atoms with Crippen molar-refractivity contribution in [1.29, 1.82) is 0 Å². The highest BCUT2D eigenvalue weighted by Gasteiger charge is 2.34. The molecule has 0 aliphatic heterocycles. The maximum atomic E-state index is 4.94. The van der Waals surface area contributed by atoms with Crippen LogP contribution in [0.15, 0.2) is 0 Å². The van der Waals surface area contributed by atoms with Gasteiger partial charge in [0.05, 0.1) is 5.69 Å². The molecule has 2 rings (SSSR count). The molecule has 1 atom stereocenters. The molecule has 0 radical (unpaired) electrons. The minimum Gasteiger partial charge on any atom is -0.348 e. The van der Waals surface area contributed by atoms with Crippen LogP contribution in [-0.2, 0) is 6.42 Å². The van der Waals surface area contributed by atoms with Gasteiger partial charge in [0.25, 0.3) is 0 Å². The average molecular weight is 281 g/mol. The van der Waals surface area contributed by atoms with Crippen LogP contribution in [0.4, 0.5) is 5.13 Å². The Bertz CT molecular complexity index is 425. The first-order chi connectivity index (χ1) is 9.00. The fraction of sp³-hybridized carbons (Fsp3) is 0.800. The van der Waals surface area contributed by atoms with Crippen molar-refractivity contribution < 1.29 is 0 Å². The van der Waals surface area contributed by atoms with Crippen molar-refractivity contribution in [3.63, 3.8) is 0 Å². The summed E-state index contributed by atoms with van der Waals surface area (Å²) in [6.07, 6.45) is 3.50. The average Bonchev–Trinajstić information content (AvgIpc) is 2.76. The normalized spacial score (nSPS) is 21.2. The maximum absolute atomic E-state index is 4.94. The molecule has 1 N–H and O–H groups in total. The van der Waals surface area contributed by atoms with Crippen LogP contribution in [0.1, 0.15) is 57.1 Å². The summed E-state index contributed by atoms with van der Waals surface area (Å²) in [5, 5.41) is 4.68. The van der Waals surface area contributed by atoms with Crippen LogP contribution in [0.25, 0.3) is 0 Å². The van der Waals surface area contributed by atoms with E-state index in [1.54, 1.807) is 0 Å². The van der Waals surface area contributed by atoms with Crippen LogP contribution in [0.3, 0.4) is 0 Å². The Balaban J connectivity index is 2.30. The van der Waals surface area contributed by atoms with Crippen molar-refractivity contribution in [1.82, 2.24) is 10.3 Å². The molecule has 0 saturated heterocycles. The van der Waals surface area contributed by atoms with Gasteiger partial charge in [-0.3, -0.25) is 0 Å². The number of nitrogens with zero attached hydrogens (tertiary/aromatic N) is 2. The first-order valence-corrected chi connectivity index (χ1v) is 8.24. The van der Waals surface area contributed by atoms with Crippen molar-refractivity contribution >= 4 is 16.5 Å². The first-order valence-electron chi connectivity index (χ1n) is 7.42. The molecule has 3 nitrogen and oxygen atoms in total. The molecule has 1 unspecified atom stereocenters. The van der Waals surface area contributed by atoms with Gasteiger partial charge in [0.15, 0.2) is 5.13 Å². The largest absolute Gasteiger partial charge is 0.348 e. The van der Waals surface area contributed by atoms with E-state index in [0.29, 0.717) is 11.5 Å². The molecule has 0 amide bonds. The van der Waals surface area contributed by atoms with Crippen LogP contribution < -0.4 is 10.2 Å². The molecule has 1 aromatic rings. The Kier molecular flexibility index (Phi) is 4.51.